The molecule has 0 saturated carbocycles. The number of carbonyl (C=O) groups excluding carboxylic acids is 1. The molecule has 1 aromatic carbocycles. The van der Waals surface area contributed by atoms with Crippen molar-refractivity contribution in [1.29, 1.82) is 0 Å². The molecule has 9 heavy (non-hydrogen) atoms. The van der Waals surface area contributed by atoms with E-state index in [0.29, 0.717) is 0 Å². The van der Waals surface area contributed by atoms with Crippen LogP contribution >= 0.6 is 0 Å². The van der Waals surface area contributed by atoms with E-state index in [2.05, 4.69) is 0 Å². The molecule has 1 aromatic rings. The largest absolute Gasteiger partial charge is 0.508 e. The Labute approximate surface area is 58.4 Å². The predicted molar refractivity (Wildman–Crippen MR) is 33.5 cm³/mol. The highest BCUT2D eigenvalue weighted by atomic mass is 16.3. The Balaban J connectivity index is 3.66. The molecule has 0 bridgehead atoms. The van der Waals surface area contributed by atoms with Crippen molar-refractivity contribution in [3.05, 3.63) is 29.7 Å². The molecule has 0 spiro atoms. The Kier molecular flexibility index (Phi) is 0.646. The summed E-state index contributed by atoms with van der Waals surface area (Å²) in [4.78, 5) is 10.4. The molecule has 0 aliphatic heterocycles. The number of phenolic OH excluding ortho intramolecular Hbond substituents is 1. The number of aromatic hydroxyl groups is 1. The fraction of sp³-hybridized carbons (Fsp3) is 0. The lowest BCUT2D eigenvalue weighted by atomic mass is 10.2. The third-order valence-corrected chi connectivity index (χ3v) is 0.749. The number of hydrogen-bond acceptors (Lipinski definition) is 2. The van der Waals surface area contributed by atoms with Gasteiger partial charge in [-0.15, -0.1) is 0 Å². The second-order valence-corrected chi connectivity index (χ2v) is 1.38. The van der Waals surface area contributed by atoms with E-state index in [1.54, 1.807) is 0 Å². The van der Waals surface area contributed by atoms with Gasteiger partial charge in [0.25, 0.3) is 0 Å². The number of aldehydes is 1. The van der Waals surface area contributed by atoms with Crippen molar-refractivity contribution in [3.63, 3.8) is 0 Å². The highest BCUT2D eigenvalue weighted by molar-refractivity contribution is 5.74. The maximum atomic E-state index is 10.4. The Bertz CT molecular complexity index is 346. The van der Waals surface area contributed by atoms with E-state index >= 15 is 0 Å². The smallest absolute Gasteiger partial charge is 0.150 e. The van der Waals surface area contributed by atoms with Gasteiger partial charge in [-0.1, -0.05) is 0 Å². The van der Waals surface area contributed by atoms with Crippen molar-refractivity contribution in [2.75, 3.05) is 0 Å². The van der Waals surface area contributed by atoms with Crippen LogP contribution in [0.2, 0.25) is 0 Å². The summed E-state index contributed by atoms with van der Waals surface area (Å²) in [5.74, 6) is -0.736. The lowest BCUT2D eigenvalue weighted by Crippen LogP contribution is -1.74. The Morgan fingerprint density at radius 1 is 1.44 bits per heavy atom. The van der Waals surface area contributed by atoms with Gasteiger partial charge in [-0.2, -0.15) is 0 Å². The predicted octanol–water partition coefficient (Wildman–Crippen LogP) is 1.20. The minimum Gasteiger partial charge on any atom is -0.508 e. The molecule has 0 radical (unpaired) electrons. The third kappa shape index (κ3) is 1.29. The van der Waals surface area contributed by atoms with Crippen LogP contribution in [-0.4, -0.2) is 11.4 Å². The molecule has 0 heterocycles. The number of phenols is 1. The van der Waals surface area contributed by atoms with Crippen LogP contribution in [-0.2, 0) is 0 Å². The van der Waals surface area contributed by atoms with Gasteiger partial charge in [0.2, 0.25) is 0 Å². The monoisotopic (exact) mass is 126 g/mol. The van der Waals surface area contributed by atoms with E-state index in [0.717, 1.165) is 0 Å². The first-order chi connectivity index (χ1) is 6.00. The Morgan fingerprint density at radius 2 is 2.00 bits per heavy atom. The van der Waals surface area contributed by atoms with E-state index in [1.807, 2.05) is 0 Å². The van der Waals surface area contributed by atoms with Crippen LogP contribution in [0.4, 0.5) is 0 Å². The van der Waals surface area contributed by atoms with Crippen molar-refractivity contribution in [1.82, 2.24) is 0 Å². The third-order valence-electron chi connectivity index (χ3n) is 0.749. The molecule has 0 aromatic heterocycles. The normalized spacial score (nSPS) is 15.1. The molecule has 0 amide bonds. The van der Waals surface area contributed by atoms with Gasteiger partial charge in [-0.3, -0.25) is 4.79 Å². The zero-order valence-electron chi connectivity index (χ0n) is 8.43. The van der Waals surface area contributed by atoms with Gasteiger partial charge in [0, 0.05) is 5.56 Å². The first-order valence-corrected chi connectivity index (χ1v) is 2.25. The molecule has 2 nitrogen and oxygen atoms in total. The zero-order valence-corrected chi connectivity index (χ0v) is 4.43. The quantitative estimate of drug-likeness (QED) is 0.574. The van der Waals surface area contributed by atoms with Gasteiger partial charge in [-0.05, 0) is 24.2 Å². The highest BCUT2D eigenvalue weighted by Gasteiger charge is 1.86. The van der Waals surface area contributed by atoms with Crippen LogP contribution in [0.15, 0.2) is 24.2 Å². The van der Waals surface area contributed by atoms with E-state index in [9.17, 15) is 4.79 Å². The van der Waals surface area contributed by atoms with Gasteiger partial charge in [0.15, 0.2) is 0 Å². The van der Waals surface area contributed by atoms with Gasteiger partial charge in [-0.25, -0.2) is 0 Å². The maximum Gasteiger partial charge on any atom is 0.150 e. The topological polar surface area (TPSA) is 37.3 Å². The highest BCUT2D eigenvalue weighted by Crippen LogP contribution is 2.07. The van der Waals surface area contributed by atoms with Crippen LogP contribution in [0.3, 0.4) is 0 Å². The average molecular weight is 126 g/mol. The van der Waals surface area contributed by atoms with Gasteiger partial charge < -0.3 is 5.11 Å². The minimum absolute atomic E-state index is 0.236. The molecule has 1 rings (SSSR count). The second-order valence-electron chi connectivity index (χ2n) is 1.38. The molecule has 0 saturated heterocycles. The Hall–Kier alpha value is -1.31. The molecule has 0 aliphatic carbocycles. The fourth-order valence-corrected chi connectivity index (χ4v) is 0.374. The zero-order chi connectivity index (χ0) is 10.2. The summed E-state index contributed by atoms with van der Waals surface area (Å²) in [5.41, 5.74) is -0.340. The summed E-state index contributed by atoms with van der Waals surface area (Å²) >= 11 is 0. The number of benzene rings is 1. The van der Waals surface area contributed by atoms with E-state index in [4.69, 9.17) is 10.6 Å². The van der Waals surface area contributed by atoms with Crippen molar-refractivity contribution >= 4 is 6.29 Å². The molecule has 2 heteroatoms. The SMILES string of the molecule is [2H]c1c([2H])c(C=O)c([2H])c([2H])c1O. The van der Waals surface area contributed by atoms with Crippen LogP contribution < -0.4 is 0 Å². The molecule has 0 aliphatic rings. The summed E-state index contributed by atoms with van der Waals surface area (Å²) < 4.78 is 28.6. The minimum atomic E-state index is -0.736. The van der Waals surface area contributed by atoms with Crippen LogP contribution in [0.5, 0.6) is 5.75 Å². The summed E-state index contributed by atoms with van der Waals surface area (Å²) in [6.07, 6.45) is 0.236. The average Bonchev–Trinajstić information content (AvgIpc) is 2.13. The Morgan fingerprint density at radius 3 is 2.44 bits per heavy atom. The van der Waals surface area contributed by atoms with Gasteiger partial charge in [0.05, 0.1) is 5.48 Å². The van der Waals surface area contributed by atoms with E-state index in [-0.39, 0.29) is 11.8 Å². The van der Waals surface area contributed by atoms with E-state index < -0.39 is 29.9 Å². The van der Waals surface area contributed by atoms with Crippen LogP contribution in [0.25, 0.3) is 0 Å². The first-order valence-electron chi connectivity index (χ1n) is 4.25. The molecular weight excluding hydrogens is 116 g/mol. The van der Waals surface area contributed by atoms with Gasteiger partial charge in [0.1, 0.15) is 12.0 Å². The maximum absolute atomic E-state index is 10.4. The molecular formula is C7H6O2. The first kappa shape index (κ1) is 2.52. The fourth-order valence-electron chi connectivity index (χ4n) is 0.374. The van der Waals surface area contributed by atoms with E-state index in [1.165, 1.54) is 0 Å². The summed E-state index contributed by atoms with van der Waals surface area (Å²) in [6.45, 7) is 0. The lowest BCUT2D eigenvalue weighted by molar-refractivity contribution is 0.112. The molecule has 0 unspecified atom stereocenters. The molecule has 0 atom stereocenters. The van der Waals surface area contributed by atoms with Crippen molar-refractivity contribution in [3.8, 4) is 5.75 Å². The van der Waals surface area contributed by atoms with Crippen molar-refractivity contribution < 1.29 is 15.4 Å². The summed E-state index contributed by atoms with van der Waals surface area (Å²) in [5, 5.41) is 9.06. The number of rotatable bonds is 1. The summed E-state index contributed by atoms with van der Waals surface area (Å²) in [6, 6.07) is -2.23. The molecule has 46 valence electrons. The number of carbonyl (C=O) groups is 1. The summed E-state index contributed by atoms with van der Waals surface area (Å²) in [7, 11) is 0. The van der Waals surface area contributed by atoms with Crippen molar-refractivity contribution in [2.45, 2.75) is 0 Å². The molecule has 0 fully saturated rings. The molecule has 1 N–H and O–H groups in total. The van der Waals surface area contributed by atoms with Crippen LogP contribution in [0, 0.1) is 0 Å². The van der Waals surface area contributed by atoms with Crippen molar-refractivity contribution in [2.24, 2.45) is 0 Å². The standard InChI is InChI=1S/C7H6O2/c8-5-6-1-3-7(9)4-2-6/h1-5,9H/i1D,2D,3D,4D. The van der Waals surface area contributed by atoms with Gasteiger partial charge >= 0.3 is 0 Å². The van der Waals surface area contributed by atoms with Crippen LogP contribution in [0.1, 0.15) is 15.8 Å². The number of hydrogen-bond donors (Lipinski definition) is 1. The second kappa shape index (κ2) is 2.31. The lowest BCUT2D eigenvalue weighted by Gasteiger charge is -1.88.